The van der Waals surface area contributed by atoms with Gasteiger partial charge < -0.3 is 15.1 Å². The minimum absolute atomic E-state index is 0.0315. The maximum Gasteiger partial charge on any atom is 0.223 e. The Morgan fingerprint density at radius 3 is 2.66 bits per heavy atom. The van der Waals surface area contributed by atoms with Crippen molar-refractivity contribution < 1.29 is 14.0 Å². The summed E-state index contributed by atoms with van der Waals surface area (Å²) in [5.41, 5.74) is 0.838. The van der Waals surface area contributed by atoms with E-state index in [4.69, 9.17) is 4.42 Å². The fourth-order valence-electron chi connectivity index (χ4n) is 4.37. The van der Waals surface area contributed by atoms with E-state index in [0.29, 0.717) is 25.6 Å². The Morgan fingerprint density at radius 2 is 1.86 bits per heavy atom. The average Bonchev–Trinajstić information content (AvgIpc) is 3.46. The van der Waals surface area contributed by atoms with E-state index in [1.807, 2.05) is 30.3 Å². The summed E-state index contributed by atoms with van der Waals surface area (Å²) in [6.07, 6.45) is 8.29. The van der Waals surface area contributed by atoms with Crippen molar-refractivity contribution in [1.82, 2.24) is 15.5 Å². The first-order valence-electron chi connectivity index (χ1n) is 10.5. The number of hydrogen-bond donors (Lipinski definition) is 2. The van der Waals surface area contributed by atoms with Gasteiger partial charge in [0.1, 0.15) is 11.3 Å². The zero-order valence-electron chi connectivity index (χ0n) is 16.9. The van der Waals surface area contributed by atoms with Gasteiger partial charge in [-0.1, -0.05) is 30.4 Å². The Hall–Kier alpha value is -2.60. The van der Waals surface area contributed by atoms with Crippen LogP contribution in [-0.2, 0) is 16.1 Å². The third-order valence-electron chi connectivity index (χ3n) is 6.23. The molecule has 4 rings (SSSR count). The van der Waals surface area contributed by atoms with Crippen LogP contribution in [0.15, 0.2) is 46.9 Å². The number of likely N-dealkylation sites (tertiary alicyclic amines) is 1. The number of fused-ring (bicyclic) bond motifs is 1. The number of likely N-dealkylation sites (N-methyl/N-ethyl adjacent to an activating group) is 1. The number of hydrogen-bond acceptors (Lipinski definition) is 4. The van der Waals surface area contributed by atoms with Crippen molar-refractivity contribution in [3.63, 3.8) is 0 Å². The van der Waals surface area contributed by atoms with Gasteiger partial charge in [-0.15, -0.1) is 0 Å². The monoisotopic (exact) mass is 395 g/mol. The molecule has 1 aliphatic carbocycles. The number of carbonyl (C=O) groups is 2. The van der Waals surface area contributed by atoms with E-state index < -0.39 is 0 Å². The van der Waals surface area contributed by atoms with Gasteiger partial charge in [0.05, 0.1) is 6.54 Å². The molecule has 1 aliphatic heterocycles. The lowest BCUT2D eigenvalue weighted by Crippen LogP contribution is -2.43. The molecule has 29 heavy (non-hydrogen) atoms. The summed E-state index contributed by atoms with van der Waals surface area (Å²) in [6, 6.07) is 10.3. The molecule has 0 unspecified atom stereocenters. The summed E-state index contributed by atoms with van der Waals surface area (Å²) in [5, 5.41) is 7.12. The van der Waals surface area contributed by atoms with Crippen LogP contribution in [0.2, 0.25) is 0 Å². The van der Waals surface area contributed by atoms with Crippen LogP contribution in [-0.4, -0.2) is 42.4 Å². The number of nitrogens with zero attached hydrogens (tertiary/aromatic N) is 1. The maximum atomic E-state index is 12.4. The number of benzene rings is 1. The highest BCUT2D eigenvalue weighted by Crippen LogP contribution is 2.25. The molecule has 1 saturated heterocycles. The van der Waals surface area contributed by atoms with E-state index in [1.54, 1.807) is 0 Å². The minimum Gasteiger partial charge on any atom is -0.459 e. The zero-order chi connectivity index (χ0) is 20.2. The minimum atomic E-state index is 0.0315. The molecule has 154 valence electrons. The van der Waals surface area contributed by atoms with E-state index in [0.717, 1.165) is 42.4 Å². The van der Waals surface area contributed by atoms with Crippen molar-refractivity contribution >= 4 is 22.8 Å². The number of allylic oxidation sites excluding steroid dienone is 2. The topological polar surface area (TPSA) is 74.6 Å². The van der Waals surface area contributed by atoms with E-state index in [1.165, 1.54) is 0 Å². The van der Waals surface area contributed by atoms with Crippen LogP contribution < -0.4 is 10.6 Å². The molecule has 0 radical (unpaired) electrons. The number of furan rings is 1. The second-order valence-corrected chi connectivity index (χ2v) is 8.17. The van der Waals surface area contributed by atoms with Crippen LogP contribution in [0.4, 0.5) is 0 Å². The zero-order valence-corrected chi connectivity index (χ0v) is 16.9. The van der Waals surface area contributed by atoms with E-state index in [-0.39, 0.29) is 23.8 Å². The van der Waals surface area contributed by atoms with Gasteiger partial charge in [-0.2, -0.15) is 0 Å². The number of carbonyl (C=O) groups excluding carboxylic acids is 2. The van der Waals surface area contributed by atoms with Crippen LogP contribution in [0.1, 0.15) is 37.9 Å². The summed E-state index contributed by atoms with van der Waals surface area (Å²) in [4.78, 5) is 26.9. The summed E-state index contributed by atoms with van der Waals surface area (Å²) in [7, 11) is 2.05. The molecule has 2 aliphatic rings. The smallest absolute Gasteiger partial charge is 0.223 e. The van der Waals surface area contributed by atoms with Crippen LogP contribution in [0.25, 0.3) is 11.0 Å². The van der Waals surface area contributed by atoms with E-state index in [9.17, 15) is 9.59 Å². The number of amides is 2. The van der Waals surface area contributed by atoms with Crippen molar-refractivity contribution in [3.8, 4) is 0 Å². The lowest BCUT2D eigenvalue weighted by atomic mass is 10.1. The fraction of sp³-hybridized carbons (Fsp3) is 0.478. The maximum absolute atomic E-state index is 12.4. The third-order valence-corrected chi connectivity index (χ3v) is 6.23. The highest BCUT2D eigenvalue weighted by Gasteiger charge is 2.32. The van der Waals surface area contributed by atoms with Crippen molar-refractivity contribution in [2.24, 2.45) is 5.92 Å². The highest BCUT2D eigenvalue weighted by molar-refractivity contribution is 5.80. The quantitative estimate of drug-likeness (QED) is 0.707. The second-order valence-electron chi connectivity index (χ2n) is 8.17. The van der Waals surface area contributed by atoms with Gasteiger partial charge in [-0.3, -0.25) is 14.5 Å². The van der Waals surface area contributed by atoms with Gasteiger partial charge in [-0.25, -0.2) is 0 Å². The molecular formula is C23H29N3O3. The fourth-order valence-corrected chi connectivity index (χ4v) is 4.37. The van der Waals surface area contributed by atoms with Gasteiger partial charge >= 0.3 is 0 Å². The predicted molar refractivity (Wildman–Crippen MR) is 112 cm³/mol. The van der Waals surface area contributed by atoms with Gasteiger partial charge in [0.25, 0.3) is 0 Å². The first-order chi connectivity index (χ1) is 14.1. The SMILES string of the molecule is CN1[C@@H](CC(=O)NCc2cc3ccccc3o2)CC[C@H]1CNC(=O)C1CC=CC1. The molecule has 0 spiro atoms. The third kappa shape index (κ3) is 4.70. The molecular weight excluding hydrogens is 366 g/mol. The highest BCUT2D eigenvalue weighted by atomic mass is 16.3. The molecule has 6 nitrogen and oxygen atoms in total. The average molecular weight is 396 g/mol. The summed E-state index contributed by atoms with van der Waals surface area (Å²) in [5.74, 6) is 1.04. The van der Waals surface area contributed by atoms with Crippen molar-refractivity contribution in [3.05, 3.63) is 48.2 Å². The van der Waals surface area contributed by atoms with Gasteiger partial charge in [0.15, 0.2) is 0 Å². The number of nitrogens with one attached hydrogen (secondary N) is 2. The Balaban J connectivity index is 1.21. The Morgan fingerprint density at radius 1 is 1.10 bits per heavy atom. The molecule has 2 amide bonds. The molecule has 0 saturated carbocycles. The van der Waals surface area contributed by atoms with Crippen LogP contribution in [0, 0.1) is 5.92 Å². The first kappa shape index (κ1) is 19.7. The molecule has 6 heteroatoms. The van der Waals surface area contributed by atoms with Gasteiger partial charge in [0.2, 0.25) is 11.8 Å². The largest absolute Gasteiger partial charge is 0.459 e. The Bertz CT molecular complexity index is 863. The number of para-hydroxylation sites is 1. The van der Waals surface area contributed by atoms with E-state index in [2.05, 4.69) is 34.7 Å². The molecule has 2 aromatic rings. The van der Waals surface area contributed by atoms with E-state index >= 15 is 0 Å². The van der Waals surface area contributed by atoms with Gasteiger partial charge in [-0.05, 0) is 44.9 Å². The van der Waals surface area contributed by atoms with Gasteiger partial charge in [0, 0.05) is 36.4 Å². The number of rotatable bonds is 7. The van der Waals surface area contributed by atoms with Crippen LogP contribution in [0.3, 0.4) is 0 Å². The molecule has 2 heterocycles. The molecule has 1 aromatic carbocycles. The Kier molecular flexibility index (Phi) is 6.00. The normalized spacial score (nSPS) is 22.4. The van der Waals surface area contributed by atoms with Crippen molar-refractivity contribution in [2.45, 2.75) is 50.7 Å². The van der Waals surface area contributed by atoms with Crippen molar-refractivity contribution in [1.29, 1.82) is 0 Å². The summed E-state index contributed by atoms with van der Waals surface area (Å²) in [6.45, 7) is 1.06. The Labute approximate surface area is 171 Å². The lowest BCUT2D eigenvalue weighted by molar-refractivity contribution is -0.125. The predicted octanol–water partition coefficient (Wildman–Crippen LogP) is 2.98. The van der Waals surface area contributed by atoms with Crippen LogP contribution >= 0.6 is 0 Å². The first-order valence-corrected chi connectivity index (χ1v) is 10.5. The summed E-state index contributed by atoms with van der Waals surface area (Å²) < 4.78 is 5.75. The molecule has 2 atom stereocenters. The molecule has 2 N–H and O–H groups in total. The standard InChI is InChI=1S/C23H29N3O3/c1-26-18(10-11-19(26)14-25-23(28)16-6-2-3-7-16)13-22(27)24-15-20-12-17-8-4-5-9-21(17)29-20/h2-5,8-9,12,16,18-19H,6-7,10-11,13-15H2,1H3,(H,24,27)(H,25,28)/t18-,19+/m1/s1. The molecule has 0 bridgehead atoms. The lowest BCUT2D eigenvalue weighted by Gasteiger charge is -2.26. The van der Waals surface area contributed by atoms with Crippen molar-refractivity contribution in [2.75, 3.05) is 13.6 Å². The second kappa shape index (κ2) is 8.82. The summed E-state index contributed by atoms with van der Waals surface area (Å²) >= 11 is 0. The molecule has 1 fully saturated rings. The van der Waals surface area contributed by atoms with Crippen LogP contribution in [0.5, 0.6) is 0 Å². The molecule has 1 aromatic heterocycles.